The zero-order valence-electron chi connectivity index (χ0n) is 11.0. The molecular weight excluding hydrogens is 250 g/mol. The first-order chi connectivity index (χ1) is 9.04. The molecule has 0 spiro atoms. The van der Waals surface area contributed by atoms with Gasteiger partial charge in [0.15, 0.2) is 12.0 Å². The normalized spacial score (nSPS) is 10.3. The molecule has 0 bridgehead atoms. The molecule has 0 N–H and O–H groups in total. The molecule has 0 fully saturated rings. The summed E-state index contributed by atoms with van der Waals surface area (Å²) in [6.45, 7) is 3.15. The third kappa shape index (κ3) is 4.79. The van der Waals surface area contributed by atoms with Gasteiger partial charge in [-0.05, 0) is 25.5 Å². The molecule has 102 valence electrons. The van der Waals surface area contributed by atoms with Gasteiger partial charge in [-0.3, -0.25) is 4.79 Å². The van der Waals surface area contributed by atoms with Gasteiger partial charge in [0, 0.05) is 5.56 Å². The maximum atomic E-state index is 11.2. The highest BCUT2D eigenvalue weighted by Gasteiger charge is 2.05. The summed E-state index contributed by atoms with van der Waals surface area (Å²) < 4.78 is 9.63. The van der Waals surface area contributed by atoms with Crippen molar-refractivity contribution in [1.29, 1.82) is 0 Å². The molecule has 0 unspecified atom stereocenters. The van der Waals surface area contributed by atoms with Crippen LogP contribution in [0.5, 0.6) is 5.75 Å². The van der Waals surface area contributed by atoms with Crippen LogP contribution in [0.15, 0.2) is 23.4 Å². The number of Topliss-reactive ketones (excluding diaryl/α,β-unsaturated/α-hetero) is 1. The van der Waals surface area contributed by atoms with E-state index in [1.54, 1.807) is 18.2 Å². The minimum Gasteiger partial charge on any atom is -0.465 e. The second-order valence-corrected chi connectivity index (χ2v) is 3.69. The Morgan fingerprint density at radius 3 is 2.74 bits per heavy atom. The molecule has 1 aromatic rings. The van der Waals surface area contributed by atoms with Crippen molar-refractivity contribution < 1.29 is 23.9 Å². The van der Waals surface area contributed by atoms with Crippen LogP contribution in [0.4, 0.5) is 0 Å². The van der Waals surface area contributed by atoms with E-state index in [4.69, 9.17) is 9.57 Å². The van der Waals surface area contributed by atoms with E-state index in [-0.39, 0.29) is 12.6 Å². The van der Waals surface area contributed by atoms with E-state index in [2.05, 4.69) is 9.89 Å². The van der Waals surface area contributed by atoms with Crippen LogP contribution in [-0.4, -0.2) is 31.9 Å². The number of esters is 1. The van der Waals surface area contributed by atoms with Gasteiger partial charge in [0.2, 0.25) is 0 Å². The smallest absolute Gasteiger partial charge is 0.352 e. The van der Waals surface area contributed by atoms with E-state index >= 15 is 0 Å². The first-order valence-electron chi connectivity index (χ1n) is 5.52. The Hall–Kier alpha value is -2.37. The van der Waals surface area contributed by atoms with E-state index in [0.717, 1.165) is 11.8 Å². The Balaban J connectivity index is 2.53. The van der Waals surface area contributed by atoms with Crippen LogP contribution in [0.25, 0.3) is 0 Å². The first kappa shape index (κ1) is 14.7. The molecule has 6 heteroatoms. The van der Waals surface area contributed by atoms with E-state index in [0.29, 0.717) is 11.3 Å². The number of hydrogen-bond acceptors (Lipinski definition) is 6. The lowest BCUT2D eigenvalue weighted by molar-refractivity contribution is -0.132. The predicted octanol–water partition coefficient (Wildman–Crippen LogP) is 1.71. The van der Waals surface area contributed by atoms with Crippen LogP contribution in [0.1, 0.15) is 22.8 Å². The number of aryl methyl sites for hydroxylation is 1. The molecule has 0 aromatic heterocycles. The van der Waals surface area contributed by atoms with Crippen LogP contribution < -0.4 is 4.74 Å². The van der Waals surface area contributed by atoms with Crippen LogP contribution in [-0.2, 0) is 14.4 Å². The molecule has 0 aliphatic carbocycles. The van der Waals surface area contributed by atoms with Crippen molar-refractivity contribution in [2.75, 3.05) is 13.9 Å². The molecule has 0 atom stereocenters. The fraction of sp³-hybridized carbons (Fsp3) is 0.308. The van der Waals surface area contributed by atoms with E-state index in [1.807, 2.05) is 6.92 Å². The Morgan fingerprint density at radius 1 is 1.37 bits per heavy atom. The quantitative estimate of drug-likeness (QED) is 0.195. The number of oxime groups is 1. The van der Waals surface area contributed by atoms with Gasteiger partial charge < -0.3 is 14.3 Å². The van der Waals surface area contributed by atoms with Crippen molar-refractivity contribution in [1.82, 2.24) is 0 Å². The van der Waals surface area contributed by atoms with Gasteiger partial charge in [0.05, 0.1) is 7.11 Å². The lowest BCUT2D eigenvalue weighted by atomic mass is 10.1. The molecule has 0 aliphatic rings. The molecule has 0 saturated carbocycles. The summed E-state index contributed by atoms with van der Waals surface area (Å²) in [6, 6.07) is 5.13. The van der Waals surface area contributed by atoms with Gasteiger partial charge in [0.1, 0.15) is 5.75 Å². The number of hydrogen-bond donors (Lipinski definition) is 0. The van der Waals surface area contributed by atoms with Crippen LogP contribution >= 0.6 is 0 Å². The van der Waals surface area contributed by atoms with Crippen molar-refractivity contribution in [2.45, 2.75) is 13.8 Å². The standard InChI is InChI=1S/C13H15NO5/c1-9-4-5-11(10(2)15)6-12(9)18-8-19-14-7-13(16)17-3/h4-7H,8H2,1-3H3/b14-7+. The number of carbonyl (C=O) groups is 2. The second-order valence-electron chi connectivity index (χ2n) is 3.69. The summed E-state index contributed by atoms with van der Waals surface area (Å²) in [5, 5.41) is 3.35. The molecule has 0 amide bonds. The number of methoxy groups -OCH3 is 1. The number of benzene rings is 1. The lowest BCUT2D eigenvalue weighted by Gasteiger charge is -2.08. The second kappa shape index (κ2) is 7.15. The van der Waals surface area contributed by atoms with Gasteiger partial charge in [-0.2, -0.15) is 0 Å². The third-order valence-corrected chi connectivity index (χ3v) is 2.30. The van der Waals surface area contributed by atoms with Crippen LogP contribution in [0.2, 0.25) is 0 Å². The fourth-order valence-corrected chi connectivity index (χ4v) is 1.23. The summed E-state index contributed by atoms with van der Waals surface area (Å²) in [5.41, 5.74) is 1.42. The molecule has 6 nitrogen and oxygen atoms in total. The maximum Gasteiger partial charge on any atom is 0.352 e. The zero-order valence-corrected chi connectivity index (χ0v) is 11.0. The van der Waals surface area contributed by atoms with Crippen LogP contribution in [0, 0.1) is 6.92 Å². The van der Waals surface area contributed by atoms with E-state index < -0.39 is 5.97 Å². The summed E-state index contributed by atoms with van der Waals surface area (Å²) in [5.74, 6) is -0.134. The molecule has 19 heavy (non-hydrogen) atoms. The fourth-order valence-electron chi connectivity index (χ4n) is 1.23. The van der Waals surface area contributed by atoms with Crippen molar-refractivity contribution in [3.05, 3.63) is 29.3 Å². The average molecular weight is 265 g/mol. The molecular formula is C13H15NO5. The van der Waals surface area contributed by atoms with Gasteiger partial charge in [-0.25, -0.2) is 4.79 Å². The minimum atomic E-state index is -0.616. The highest BCUT2D eigenvalue weighted by atomic mass is 16.7. The first-order valence-corrected chi connectivity index (χ1v) is 5.52. The predicted molar refractivity (Wildman–Crippen MR) is 68.3 cm³/mol. The summed E-state index contributed by atoms with van der Waals surface area (Å²) >= 11 is 0. The SMILES string of the molecule is COC(=O)/C=N/OCOc1cc(C(C)=O)ccc1C. The zero-order chi connectivity index (χ0) is 14.3. The molecule has 1 aromatic carbocycles. The highest BCUT2D eigenvalue weighted by molar-refractivity contribution is 6.22. The van der Waals surface area contributed by atoms with Crippen molar-refractivity contribution in [3.63, 3.8) is 0 Å². The number of ketones is 1. The van der Waals surface area contributed by atoms with Gasteiger partial charge in [0.25, 0.3) is 6.79 Å². The minimum absolute atomic E-state index is 0.0468. The Morgan fingerprint density at radius 2 is 2.11 bits per heavy atom. The van der Waals surface area contributed by atoms with E-state index in [1.165, 1.54) is 14.0 Å². The number of nitrogens with zero attached hydrogens (tertiary/aromatic N) is 1. The van der Waals surface area contributed by atoms with Gasteiger partial charge in [-0.1, -0.05) is 17.3 Å². The van der Waals surface area contributed by atoms with Crippen molar-refractivity contribution >= 4 is 18.0 Å². The molecule has 0 aliphatic heterocycles. The summed E-state index contributed by atoms with van der Waals surface area (Å²) in [6.07, 6.45) is 0.891. The summed E-state index contributed by atoms with van der Waals surface area (Å²) in [4.78, 5) is 26.6. The highest BCUT2D eigenvalue weighted by Crippen LogP contribution is 2.19. The number of carbonyl (C=O) groups excluding carboxylic acids is 2. The largest absolute Gasteiger partial charge is 0.465 e. The topological polar surface area (TPSA) is 74.2 Å². The molecule has 1 rings (SSSR count). The summed E-state index contributed by atoms with van der Waals surface area (Å²) in [7, 11) is 1.24. The number of rotatable bonds is 6. The third-order valence-electron chi connectivity index (χ3n) is 2.30. The van der Waals surface area contributed by atoms with Crippen LogP contribution in [0.3, 0.4) is 0 Å². The van der Waals surface area contributed by atoms with E-state index in [9.17, 15) is 9.59 Å². The number of ether oxygens (including phenoxy) is 2. The van der Waals surface area contributed by atoms with Gasteiger partial charge in [-0.15, -0.1) is 0 Å². The molecule has 0 heterocycles. The monoisotopic (exact) mass is 265 g/mol. The Kier molecular flexibility index (Phi) is 5.53. The van der Waals surface area contributed by atoms with Gasteiger partial charge >= 0.3 is 5.97 Å². The lowest BCUT2D eigenvalue weighted by Crippen LogP contribution is -2.05. The van der Waals surface area contributed by atoms with Crippen molar-refractivity contribution in [3.8, 4) is 5.75 Å². The molecule has 0 saturated heterocycles. The van der Waals surface area contributed by atoms with Crippen molar-refractivity contribution in [2.24, 2.45) is 5.16 Å². The Bertz CT molecular complexity index is 496. The molecule has 0 radical (unpaired) electrons. The average Bonchev–Trinajstić information content (AvgIpc) is 2.39. The maximum absolute atomic E-state index is 11.2. The Labute approximate surface area is 110 Å².